The van der Waals surface area contributed by atoms with Crippen LogP contribution < -0.4 is 5.73 Å². The number of para-hydroxylation sites is 1. The summed E-state index contributed by atoms with van der Waals surface area (Å²) < 4.78 is 0. The number of likely N-dealkylation sites (tertiary alicyclic amines) is 1. The molecule has 4 nitrogen and oxygen atoms in total. The van der Waals surface area contributed by atoms with Crippen molar-refractivity contribution in [3.05, 3.63) is 36.0 Å². The summed E-state index contributed by atoms with van der Waals surface area (Å²) in [6.45, 7) is 5.60. The van der Waals surface area contributed by atoms with Crippen molar-refractivity contribution in [1.29, 1.82) is 0 Å². The van der Waals surface area contributed by atoms with Crippen LogP contribution in [0.4, 0.5) is 5.69 Å². The summed E-state index contributed by atoms with van der Waals surface area (Å²) in [7, 11) is 2.16. The highest BCUT2D eigenvalue weighted by molar-refractivity contribution is 5.90. The number of pyridine rings is 1. The van der Waals surface area contributed by atoms with Crippen molar-refractivity contribution in [2.24, 2.45) is 0 Å². The predicted octanol–water partition coefficient (Wildman–Crippen LogP) is 2.34. The number of nitrogens with zero attached hydrogens (tertiary/aromatic N) is 3. The van der Waals surface area contributed by atoms with Crippen molar-refractivity contribution in [2.45, 2.75) is 19.4 Å². The monoisotopic (exact) mass is 284 g/mol. The topological polar surface area (TPSA) is 45.4 Å². The number of nitrogen functional groups attached to an aromatic ring is 1. The third-order valence-electron chi connectivity index (χ3n) is 4.23. The summed E-state index contributed by atoms with van der Waals surface area (Å²) in [4.78, 5) is 9.59. The lowest BCUT2D eigenvalue weighted by molar-refractivity contribution is 0.251. The lowest BCUT2D eigenvalue weighted by Crippen LogP contribution is -2.31. The van der Waals surface area contributed by atoms with Crippen LogP contribution in [0.25, 0.3) is 10.9 Å². The SMILES string of the molecule is CN(CCN1CCCC1)Cc1cc(N)c2ccccc2n1. The molecule has 0 radical (unpaired) electrons. The Kier molecular flexibility index (Phi) is 4.36. The average molecular weight is 284 g/mol. The second kappa shape index (κ2) is 6.41. The summed E-state index contributed by atoms with van der Waals surface area (Å²) in [5.41, 5.74) is 9.00. The zero-order chi connectivity index (χ0) is 14.7. The maximum absolute atomic E-state index is 6.14. The number of benzene rings is 1. The first-order valence-electron chi connectivity index (χ1n) is 7.77. The van der Waals surface area contributed by atoms with Gasteiger partial charge in [0.1, 0.15) is 0 Å². The van der Waals surface area contributed by atoms with E-state index >= 15 is 0 Å². The lowest BCUT2D eigenvalue weighted by atomic mass is 10.1. The fraction of sp³-hybridized carbons (Fsp3) is 0.471. The number of likely N-dealkylation sites (N-methyl/N-ethyl adjacent to an activating group) is 1. The van der Waals surface area contributed by atoms with Gasteiger partial charge in [-0.15, -0.1) is 0 Å². The summed E-state index contributed by atoms with van der Waals surface area (Å²) in [5.74, 6) is 0. The van der Waals surface area contributed by atoms with E-state index in [4.69, 9.17) is 10.7 Å². The highest BCUT2D eigenvalue weighted by Crippen LogP contribution is 2.20. The standard InChI is InChI=1S/C17H24N4/c1-20(10-11-21-8-4-5-9-21)13-14-12-16(18)15-6-2-3-7-17(15)19-14/h2-3,6-7,12H,4-5,8-11,13H2,1H3,(H2,18,19). The molecule has 112 valence electrons. The van der Waals surface area contributed by atoms with Crippen molar-refractivity contribution >= 4 is 16.6 Å². The Morgan fingerprint density at radius 2 is 2.00 bits per heavy atom. The molecule has 0 unspecified atom stereocenters. The molecule has 1 saturated heterocycles. The van der Waals surface area contributed by atoms with E-state index in [1.54, 1.807) is 0 Å². The molecule has 0 aliphatic carbocycles. The lowest BCUT2D eigenvalue weighted by Gasteiger charge is -2.21. The summed E-state index contributed by atoms with van der Waals surface area (Å²) >= 11 is 0. The molecule has 2 N–H and O–H groups in total. The molecule has 4 heteroatoms. The van der Waals surface area contributed by atoms with Gasteiger partial charge in [0, 0.05) is 30.7 Å². The van der Waals surface area contributed by atoms with Crippen LogP contribution in [0.2, 0.25) is 0 Å². The molecule has 21 heavy (non-hydrogen) atoms. The van der Waals surface area contributed by atoms with E-state index in [9.17, 15) is 0 Å². The smallest absolute Gasteiger partial charge is 0.0726 e. The minimum atomic E-state index is 0.823. The molecular weight excluding hydrogens is 260 g/mol. The maximum atomic E-state index is 6.14. The Hall–Kier alpha value is -1.65. The first kappa shape index (κ1) is 14.3. The van der Waals surface area contributed by atoms with Gasteiger partial charge in [-0.05, 0) is 45.1 Å². The normalized spacial score (nSPS) is 16.1. The van der Waals surface area contributed by atoms with Gasteiger partial charge in [0.05, 0.1) is 11.2 Å². The zero-order valence-electron chi connectivity index (χ0n) is 12.8. The van der Waals surface area contributed by atoms with E-state index in [0.29, 0.717) is 0 Å². The molecule has 1 aromatic heterocycles. The molecule has 0 spiro atoms. The zero-order valence-corrected chi connectivity index (χ0v) is 12.8. The first-order chi connectivity index (χ1) is 10.2. The molecule has 0 saturated carbocycles. The van der Waals surface area contributed by atoms with Crippen LogP contribution in [0.5, 0.6) is 0 Å². The van der Waals surface area contributed by atoms with Crippen LogP contribution in [-0.2, 0) is 6.54 Å². The third kappa shape index (κ3) is 3.52. The van der Waals surface area contributed by atoms with E-state index in [-0.39, 0.29) is 0 Å². The van der Waals surface area contributed by atoms with Gasteiger partial charge >= 0.3 is 0 Å². The Morgan fingerprint density at radius 1 is 1.24 bits per heavy atom. The number of fused-ring (bicyclic) bond motifs is 1. The summed E-state index contributed by atoms with van der Waals surface area (Å²) in [6.07, 6.45) is 2.71. The fourth-order valence-corrected chi connectivity index (χ4v) is 3.01. The van der Waals surface area contributed by atoms with E-state index in [0.717, 1.165) is 41.9 Å². The Labute approximate surface area is 126 Å². The predicted molar refractivity (Wildman–Crippen MR) is 88.2 cm³/mol. The van der Waals surface area contributed by atoms with E-state index in [2.05, 4.69) is 16.8 Å². The quantitative estimate of drug-likeness (QED) is 0.915. The fourth-order valence-electron chi connectivity index (χ4n) is 3.01. The molecule has 1 aliphatic heterocycles. The highest BCUT2D eigenvalue weighted by atomic mass is 15.2. The Balaban J connectivity index is 1.63. The molecule has 2 aromatic rings. The first-order valence-corrected chi connectivity index (χ1v) is 7.77. The van der Waals surface area contributed by atoms with Crippen LogP contribution in [0.1, 0.15) is 18.5 Å². The third-order valence-corrected chi connectivity index (χ3v) is 4.23. The summed E-state index contributed by atoms with van der Waals surface area (Å²) in [5, 5.41) is 1.04. The van der Waals surface area contributed by atoms with Crippen molar-refractivity contribution in [3.63, 3.8) is 0 Å². The minimum Gasteiger partial charge on any atom is -0.398 e. The van der Waals surface area contributed by atoms with Crippen molar-refractivity contribution < 1.29 is 0 Å². The molecule has 0 amide bonds. The van der Waals surface area contributed by atoms with Crippen molar-refractivity contribution in [1.82, 2.24) is 14.8 Å². The Morgan fingerprint density at radius 3 is 2.81 bits per heavy atom. The number of aromatic nitrogens is 1. The van der Waals surface area contributed by atoms with Crippen LogP contribution in [0, 0.1) is 0 Å². The second-order valence-electron chi connectivity index (χ2n) is 6.01. The summed E-state index contributed by atoms with van der Waals surface area (Å²) in [6, 6.07) is 10.1. The molecule has 0 atom stereocenters. The second-order valence-corrected chi connectivity index (χ2v) is 6.01. The van der Waals surface area contributed by atoms with E-state index in [1.165, 1.54) is 25.9 Å². The minimum absolute atomic E-state index is 0.823. The van der Waals surface area contributed by atoms with Gasteiger partial charge in [-0.2, -0.15) is 0 Å². The number of anilines is 1. The maximum Gasteiger partial charge on any atom is 0.0726 e. The van der Waals surface area contributed by atoms with Crippen LogP contribution in [0.15, 0.2) is 30.3 Å². The molecule has 3 rings (SSSR count). The largest absolute Gasteiger partial charge is 0.398 e. The van der Waals surface area contributed by atoms with Gasteiger partial charge in [0.15, 0.2) is 0 Å². The van der Waals surface area contributed by atoms with Crippen LogP contribution in [0.3, 0.4) is 0 Å². The molecule has 1 fully saturated rings. The van der Waals surface area contributed by atoms with Gasteiger partial charge < -0.3 is 10.6 Å². The van der Waals surface area contributed by atoms with Crippen molar-refractivity contribution in [2.75, 3.05) is 39.0 Å². The highest BCUT2D eigenvalue weighted by Gasteiger charge is 2.12. The van der Waals surface area contributed by atoms with Crippen LogP contribution in [-0.4, -0.2) is 48.0 Å². The molecular formula is C17H24N4. The van der Waals surface area contributed by atoms with Gasteiger partial charge in [-0.3, -0.25) is 9.88 Å². The van der Waals surface area contributed by atoms with Gasteiger partial charge in [0.2, 0.25) is 0 Å². The van der Waals surface area contributed by atoms with E-state index < -0.39 is 0 Å². The van der Waals surface area contributed by atoms with Gasteiger partial charge in [-0.1, -0.05) is 18.2 Å². The van der Waals surface area contributed by atoms with E-state index in [1.807, 2.05) is 30.3 Å². The molecule has 2 heterocycles. The average Bonchev–Trinajstić information content (AvgIpc) is 2.98. The number of hydrogen-bond acceptors (Lipinski definition) is 4. The molecule has 1 aliphatic rings. The molecule has 1 aromatic carbocycles. The molecule has 0 bridgehead atoms. The van der Waals surface area contributed by atoms with Gasteiger partial charge in [0.25, 0.3) is 0 Å². The van der Waals surface area contributed by atoms with Crippen molar-refractivity contribution in [3.8, 4) is 0 Å². The number of rotatable bonds is 5. The number of nitrogens with two attached hydrogens (primary N) is 1. The Bertz CT molecular complexity index is 605. The number of hydrogen-bond donors (Lipinski definition) is 1. The van der Waals surface area contributed by atoms with Crippen LogP contribution >= 0.6 is 0 Å². The van der Waals surface area contributed by atoms with Gasteiger partial charge in [-0.25, -0.2) is 0 Å².